The predicted octanol–water partition coefficient (Wildman–Crippen LogP) is -0.848. The summed E-state index contributed by atoms with van der Waals surface area (Å²) in [6.07, 6.45) is 4.37. The van der Waals surface area contributed by atoms with E-state index in [-0.39, 0.29) is 24.3 Å². The summed E-state index contributed by atoms with van der Waals surface area (Å²) < 4.78 is 0. The number of nitrogens with one attached hydrogen (secondary N) is 3. The number of carbonyl (C=O) groups excluding carboxylic acids is 3. The molecule has 2 unspecified atom stereocenters. The molecule has 130 valence electrons. The van der Waals surface area contributed by atoms with Crippen molar-refractivity contribution in [3.05, 3.63) is 0 Å². The van der Waals surface area contributed by atoms with E-state index in [1.807, 2.05) is 0 Å². The lowest BCUT2D eigenvalue weighted by Crippen LogP contribution is -2.46. The zero-order chi connectivity index (χ0) is 16.7. The summed E-state index contributed by atoms with van der Waals surface area (Å²) in [7, 11) is 0. The lowest BCUT2D eigenvalue weighted by molar-refractivity contribution is -0.123. The smallest absolute Gasteiger partial charge is 0.318 e. The Hall–Kier alpha value is -1.67. The zero-order valence-electron chi connectivity index (χ0n) is 13.5. The van der Waals surface area contributed by atoms with Crippen LogP contribution in [0.4, 0.5) is 4.79 Å². The monoisotopic (exact) mass is 325 g/mol. The number of nitrogens with two attached hydrogens (primary N) is 1. The number of imide groups is 1. The minimum absolute atomic E-state index is 0.0350. The fourth-order valence-corrected chi connectivity index (χ4v) is 3.26. The van der Waals surface area contributed by atoms with Gasteiger partial charge in [-0.2, -0.15) is 0 Å². The molecule has 0 aromatic rings. The Morgan fingerprint density at radius 1 is 1.22 bits per heavy atom. The first-order valence-electron chi connectivity index (χ1n) is 8.37. The van der Waals surface area contributed by atoms with Crippen LogP contribution < -0.4 is 21.7 Å². The maximum Gasteiger partial charge on any atom is 0.318 e. The van der Waals surface area contributed by atoms with Crippen molar-refractivity contribution < 1.29 is 14.4 Å². The van der Waals surface area contributed by atoms with Gasteiger partial charge in [0.1, 0.15) is 0 Å². The fourth-order valence-electron chi connectivity index (χ4n) is 3.26. The molecule has 2 saturated heterocycles. The molecule has 8 heteroatoms. The average Bonchev–Trinajstić information content (AvgIpc) is 3.05. The van der Waals surface area contributed by atoms with Crippen molar-refractivity contribution in [1.82, 2.24) is 20.9 Å². The van der Waals surface area contributed by atoms with E-state index in [2.05, 4.69) is 20.9 Å². The zero-order valence-corrected chi connectivity index (χ0v) is 13.5. The van der Waals surface area contributed by atoms with Gasteiger partial charge in [-0.1, -0.05) is 0 Å². The highest BCUT2D eigenvalue weighted by Crippen LogP contribution is 2.16. The van der Waals surface area contributed by atoms with Crippen molar-refractivity contribution in [2.75, 3.05) is 32.7 Å². The second-order valence-electron chi connectivity index (χ2n) is 6.37. The van der Waals surface area contributed by atoms with Crippen LogP contribution in [-0.2, 0) is 9.59 Å². The average molecular weight is 325 g/mol. The highest BCUT2D eigenvalue weighted by atomic mass is 16.2. The van der Waals surface area contributed by atoms with Gasteiger partial charge in [-0.25, -0.2) is 4.79 Å². The van der Waals surface area contributed by atoms with Crippen LogP contribution in [0.5, 0.6) is 0 Å². The molecule has 8 nitrogen and oxygen atoms in total. The normalized spacial score (nSPS) is 25.0. The lowest BCUT2D eigenvalue weighted by atomic mass is 9.97. The number of hydrogen-bond acceptors (Lipinski definition) is 5. The van der Waals surface area contributed by atoms with Crippen LogP contribution in [0, 0.1) is 5.92 Å². The number of piperidine rings is 1. The second kappa shape index (κ2) is 8.83. The van der Waals surface area contributed by atoms with Gasteiger partial charge in [0.25, 0.3) is 0 Å². The molecule has 4 amide bonds. The highest BCUT2D eigenvalue weighted by Gasteiger charge is 2.24. The maximum absolute atomic E-state index is 12.0. The Bertz CT molecular complexity index is 437. The van der Waals surface area contributed by atoms with Gasteiger partial charge in [0.15, 0.2) is 0 Å². The number of likely N-dealkylation sites (tertiary alicyclic amines) is 1. The van der Waals surface area contributed by atoms with Crippen LogP contribution in [0.25, 0.3) is 0 Å². The van der Waals surface area contributed by atoms with Crippen molar-refractivity contribution in [2.45, 2.75) is 38.1 Å². The van der Waals surface area contributed by atoms with Crippen LogP contribution in [0.15, 0.2) is 0 Å². The molecule has 0 bridgehead atoms. The van der Waals surface area contributed by atoms with Crippen molar-refractivity contribution in [3.8, 4) is 0 Å². The first-order chi connectivity index (χ1) is 11.0. The van der Waals surface area contributed by atoms with E-state index in [1.165, 1.54) is 0 Å². The van der Waals surface area contributed by atoms with Crippen LogP contribution in [0.3, 0.4) is 0 Å². The summed E-state index contributed by atoms with van der Waals surface area (Å²) in [6, 6.07) is -0.845. The molecule has 2 fully saturated rings. The Kier molecular flexibility index (Phi) is 6.79. The van der Waals surface area contributed by atoms with Crippen molar-refractivity contribution in [3.63, 3.8) is 0 Å². The third kappa shape index (κ3) is 6.15. The fraction of sp³-hybridized carbons (Fsp3) is 0.800. The standard InChI is InChI=1S/C15H27N5O3/c16-15(23)19-13(21)5-8-20-7-2-3-11(10-20)9-18-14(22)12-4-1-6-17-12/h11-12,17H,1-10H2,(H,18,22)(H3,16,19,21,23). The molecule has 23 heavy (non-hydrogen) atoms. The SMILES string of the molecule is NC(=O)NC(=O)CCN1CCCC(CNC(=O)C2CCCN2)C1. The summed E-state index contributed by atoms with van der Waals surface area (Å²) in [4.78, 5) is 36.2. The Morgan fingerprint density at radius 3 is 2.74 bits per heavy atom. The quantitative estimate of drug-likeness (QED) is 0.508. The number of carbonyl (C=O) groups is 3. The Balaban J connectivity index is 1.65. The summed E-state index contributed by atoms with van der Waals surface area (Å²) in [5.41, 5.74) is 4.91. The van der Waals surface area contributed by atoms with Gasteiger partial charge in [-0.3, -0.25) is 14.9 Å². The van der Waals surface area contributed by atoms with Crippen LogP contribution >= 0.6 is 0 Å². The van der Waals surface area contributed by atoms with Crippen LogP contribution in [0.2, 0.25) is 0 Å². The second-order valence-corrected chi connectivity index (χ2v) is 6.37. The molecule has 2 aliphatic rings. The largest absolute Gasteiger partial charge is 0.354 e. The molecule has 0 aromatic carbocycles. The molecular formula is C15H27N5O3. The summed E-state index contributed by atoms with van der Waals surface area (Å²) in [5, 5.41) is 8.31. The summed E-state index contributed by atoms with van der Waals surface area (Å²) in [6.45, 7) is 4.01. The third-order valence-electron chi connectivity index (χ3n) is 4.46. The van der Waals surface area contributed by atoms with E-state index in [4.69, 9.17) is 5.73 Å². The van der Waals surface area contributed by atoms with Crippen LogP contribution in [0.1, 0.15) is 32.1 Å². The Morgan fingerprint density at radius 2 is 2.04 bits per heavy atom. The molecule has 0 radical (unpaired) electrons. The molecule has 0 aromatic heterocycles. The molecule has 0 aliphatic carbocycles. The van der Waals surface area contributed by atoms with Gasteiger partial charge >= 0.3 is 6.03 Å². The van der Waals surface area contributed by atoms with Crippen molar-refractivity contribution in [2.24, 2.45) is 11.7 Å². The van der Waals surface area contributed by atoms with Crippen molar-refractivity contribution >= 4 is 17.8 Å². The van der Waals surface area contributed by atoms with Gasteiger partial charge < -0.3 is 21.3 Å². The van der Waals surface area contributed by atoms with E-state index in [9.17, 15) is 14.4 Å². The number of urea groups is 1. The topological polar surface area (TPSA) is 117 Å². The molecule has 2 atom stereocenters. The number of primary amides is 1. The first-order valence-corrected chi connectivity index (χ1v) is 8.37. The molecule has 5 N–H and O–H groups in total. The van der Waals surface area contributed by atoms with E-state index >= 15 is 0 Å². The van der Waals surface area contributed by atoms with Crippen LogP contribution in [-0.4, -0.2) is 61.5 Å². The van der Waals surface area contributed by atoms with E-state index in [0.29, 0.717) is 19.0 Å². The van der Waals surface area contributed by atoms with Gasteiger partial charge in [0, 0.05) is 26.1 Å². The predicted molar refractivity (Wildman–Crippen MR) is 85.5 cm³/mol. The number of amides is 4. The van der Waals surface area contributed by atoms with Gasteiger partial charge in [0.05, 0.1) is 6.04 Å². The van der Waals surface area contributed by atoms with E-state index < -0.39 is 6.03 Å². The first kappa shape index (κ1) is 17.7. The van der Waals surface area contributed by atoms with Gasteiger partial charge in [-0.05, 0) is 44.7 Å². The third-order valence-corrected chi connectivity index (χ3v) is 4.46. The molecular weight excluding hydrogens is 298 g/mol. The highest BCUT2D eigenvalue weighted by molar-refractivity contribution is 5.93. The van der Waals surface area contributed by atoms with Gasteiger partial charge in [0.2, 0.25) is 11.8 Å². The summed E-state index contributed by atoms with van der Waals surface area (Å²) in [5.74, 6) is 0.161. The maximum atomic E-state index is 12.0. The molecule has 0 spiro atoms. The van der Waals surface area contributed by atoms with Crippen molar-refractivity contribution in [1.29, 1.82) is 0 Å². The van der Waals surface area contributed by atoms with E-state index in [1.54, 1.807) is 0 Å². The molecule has 2 aliphatic heterocycles. The molecule has 2 heterocycles. The minimum atomic E-state index is -0.810. The molecule has 0 saturated carbocycles. The molecule has 2 rings (SSSR count). The van der Waals surface area contributed by atoms with E-state index in [0.717, 1.165) is 45.3 Å². The number of rotatable bonds is 6. The summed E-state index contributed by atoms with van der Waals surface area (Å²) >= 11 is 0. The number of hydrogen-bond donors (Lipinski definition) is 4. The lowest BCUT2D eigenvalue weighted by Gasteiger charge is -2.32. The Labute approximate surface area is 136 Å². The number of nitrogens with zero attached hydrogens (tertiary/aromatic N) is 1. The van der Waals surface area contributed by atoms with Gasteiger partial charge in [-0.15, -0.1) is 0 Å². The minimum Gasteiger partial charge on any atom is -0.354 e.